The van der Waals surface area contributed by atoms with Crippen molar-refractivity contribution in [3.8, 4) is 34.5 Å². The van der Waals surface area contributed by atoms with Crippen molar-refractivity contribution in [2.75, 3.05) is 13.2 Å². The third kappa shape index (κ3) is 5.74. The molecule has 2 aromatic heterocycles. The van der Waals surface area contributed by atoms with E-state index in [4.69, 9.17) is 9.47 Å². The maximum Gasteiger partial charge on any atom is 0.338 e. The summed E-state index contributed by atoms with van der Waals surface area (Å²) < 4.78 is 13.3. The zero-order valence-electron chi connectivity index (χ0n) is 19.1. The summed E-state index contributed by atoms with van der Waals surface area (Å²) in [6.45, 7) is 6.00. The van der Waals surface area contributed by atoms with Crippen molar-refractivity contribution in [3.63, 3.8) is 0 Å². The van der Waals surface area contributed by atoms with Crippen molar-refractivity contribution < 1.29 is 9.47 Å². The van der Waals surface area contributed by atoms with Crippen LogP contribution in [0.2, 0.25) is 0 Å². The lowest BCUT2D eigenvalue weighted by Crippen LogP contribution is -2.08. The van der Waals surface area contributed by atoms with E-state index >= 15 is 0 Å². The van der Waals surface area contributed by atoms with Crippen molar-refractivity contribution in [1.29, 1.82) is 0 Å². The highest BCUT2D eigenvalue weighted by Crippen LogP contribution is 2.30. The summed E-state index contributed by atoms with van der Waals surface area (Å²) in [5.74, 6) is 0.641. The van der Waals surface area contributed by atoms with Crippen LogP contribution in [0.15, 0.2) is 48.5 Å². The van der Waals surface area contributed by atoms with Gasteiger partial charge >= 0.3 is 12.0 Å². The van der Waals surface area contributed by atoms with E-state index in [1.165, 1.54) is 0 Å². The molecule has 4 aromatic rings. The Morgan fingerprint density at radius 3 is 2.30 bits per heavy atom. The minimum absolute atomic E-state index is 0.362. The Morgan fingerprint density at radius 1 is 0.879 bits per heavy atom. The average molecular weight is 448 g/mol. The third-order valence-corrected chi connectivity index (χ3v) is 5.20. The number of hydrogen-bond donors (Lipinski definition) is 1. The van der Waals surface area contributed by atoms with E-state index in [-0.39, 0.29) is 0 Å². The molecule has 2 aromatic carbocycles. The molecule has 0 unspecified atom stereocenters. The van der Waals surface area contributed by atoms with E-state index in [0.717, 1.165) is 47.9 Å². The van der Waals surface area contributed by atoms with Gasteiger partial charge in [-0.25, -0.2) is 9.78 Å². The van der Waals surface area contributed by atoms with Gasteiger partial charge in [0.1, 0.15) is 0 Å². The molecule has 2 heterocycles. The molecule has 33 heavy (non-hydrogen) atoms. The first-order chi connectivity index (χ1) is 16.3. The number of H-pyrrole nitrogens is 1. The number of rotatable bonds is 12. The molecule has 0 aliphatic heterocycles. The van der Waals surface area contributed by atoms with Crippen molar-refractivity contribution in [2.24, 2.45) is 0 Å². The number of tetrazole rings is 1. The highest BCUT2D eigenvalue weighted by Gasteiger charge is 2.14. The number of hydrogen-bond acceptors (Lipinski definition) is 7. The summed E-state index contributed by atoms with van der Waals surface area (Å²) >= 11 is 0. The normalized spacial score (nSPS) is 11.0. The van der Waals surface area contributed by atoms with Gasteiger partial charge in [-0.3, -0.25) is 0 Å². The van der Waals surface area contributed by atoms with Gasteiger partial charge in [-0.1, -0.05) is 75.2 Å². The predicted octanol–water partition coefficient (Wildman–Crippen LogP) is 4.53. The molecule has 0 amide bonds. The van der Waals surface area contributed by atoms with Crippen molar-refractivity contribution in [1.82, 2.24) is 35.4 Å². The number of aromatic nitrogens is 7. The van der Waals surface area contributed by atoms with E-state index in [1.54, 1.807) is 4.68 Å². The molecule has 0 saturated heterocycles. The molecule has 0 fully saturated rings. The molecule has 0 spiro atoms. The lowest BCUT2D eigenvalue weighted by atomic mass is 9.98. The molecule has 0 saturated carbocycles. The van der Waals surface area contributed by atoms with Gasteiger partial charge in [0.25, 0.3) is 0 Å². The molecule has 1 N–H and O–H groups in total. The second kappa shape index (κ2) is 11.2. The quantitative estimate of drug-likeness (QED) is 0.318. The number of nitrogens with zero attached hydrogens (tertiary/aromatic N) is 6. The second-order valence-corrected chi connectivity index (χ2v) is 7.73. The molecule has 0 aliphatic rings. The lowest BCUT2D eigenvalue weighted by Gasteiger charge is -2.09. The van der Waals surface area contributed by atoms with Crippen LogP contribution < -0.4 is 9.47 Å². The Bertz CT molecular complexity index is 1120. The minimum Gasteiger partial charge on any atom is -0.464 e. The number of aromatic amines is 1. The van der Waals surface area contributed by atoms with Gasteiger partial charge in [0.05, 0.1) is 19.8 Å². The standard InChI is InChI=1S/C24H29N7O2/c1-3-5-15-32-23-25-24(33-16-6-4-2)31(28-23)17-18-11-13-19(14-12-18)20-9-7-8-10-21(20)22-26-29-30-27-22/h7-14H,3-6,15-17H2,1-2H3,(H,26,27,29,30). The SMILES string of the molecule is CCCCOc1nc(OCCCC)n(Cc2ccc(-c3ccccc3-c3nnn[nH]3)cc2)n1. The monoisotopic (exact) mass is 447 g/mol. The largest absolute Gasteiger partial charge is 0.464 e. The summed E-state index contributed by atoms with van der Waals surface area (Å²) in [4.78, 5) is 4.44. The fraction of sp³-hybridized carbons (Fsp3) is 0.375. The van der Waals surface area contributed by atoms with Gasteiger partial charge in [-0.15, -0.1) is 15.2 Å². The maximum absolute atomic E-state index is 5.87. The van der Waals surface area contributed by atoms with Crippen molar-refractivity contribution >= 4 is 0 Å². The Morgan fingerprint density at radius 2 is 1.61 bits per heavy atom. The van der Waals surface area contributed by atoms with E-state index < -0.39 is 0 Å². The molecule has 0 aliphatic carbocycles. The second-order valence-electron chi connectivity index (χ2n) is 7.73. The molecule has 9 heteroatoms. The lowest BCUT2D eigenvalue weighted by molar-refractivity contribution is 0.267. The summed E-state index contributed by atoms with van der Waals surface area (Å²) in [5, 5.41) is 18.8. The first-order valence-corrected chi connectivity index (χ1v) is 11.4. The first kappa shape index (κ1) is 22.4. The number of unbranched alkanes of at least 4 members (excludes halogenated alkanes) is 2. The van der Waals surface area contributed by atoms with Crippen LogP contribution >= 0.6 is 0 Å². The molecule has 0 radical (unpaired) electrons. The first-order valence-electron chi connectivity index (χ1n) is 11.4. The van der Waals surface area contributed by atoms with Crippen LogP contribution in [-0.4, -0.2) is 48.6 Å². The molecular weight excluding hydrogens is 418 g/mol. The van der Waals surface area contributed by atoms with Gasteiger partial charge in [0.15, 0.2) is 5.82 Å². The van der Waals surface area contributed by atoms with E-state index in [1.807, 2.05) is 18.2 Å². The van der Waals surface area contributed by atoms with Gasteiger partial charge in [0.2, 0.25) is 0 Å². The van der Waals surface area contributed by atoms with Crippen molar-refractivity contribution in [3.05, 3.63) is 54.1 Å². The van der Waals surface area contributed by atoms with E-state index in [9.17, 15) is 0 Å². The van der Waals surface area contributed by atoms with Crippen LogP contribution in [-0.2, 0) is 6.54 Å². The smallest absolute Gasteiger partial charge is 0.338 e. The van der Waals surface area contributed by atoms with E-state index in [0.29, 0.717) is 37.6 Å². The highest BCUT2D eigenvalue weighted by molar-refractivity contribution is 5.80. The summed E-state index contributed by atoms with van der Waals surface area (Å²) in [6, 6.07) is 17.2. The average Bonchev–Trinajstić information content (AvgIpc) is 3.51. The fourth-order valence-electron chi connectivity index (χ4n) is 3.37. The van der Waals surface area contributed by atoms with Crippen LogP contribution in [0.4, 0.5) is 0 Å². The van der Waals surface area contributed by atoms with E-state index in [2.05, 4.69) is 74.9 Å². The topological polar surface area (TPSA) is 104 Å². The van der Waals surface area contributed by atoms with Crippen LogP contribution in [0, 0.1) is 0 Å². The van der Waals surface area contributed by atoms with Gasteiger partial charge in [-0.2, -0.15) is 0 Å². The van der Waals surface area contributed by atoms with Crippen LogP contribution in [0.1, 0.15) is 45.1 Å². The number of ether oxygens (including phenoxy) is 2. The number of benzene rings is 2. The van der Waals surface area contributed by atoms with Gasteiger partial charge < -0.3 is 9.47 Å². The summed E-state index contributed by atoms with van der Waals surface area (Å²) in [5.41, 5.74) is 4.17. The van der Waals surface area contributed by atoms with Crippen LogP contribution in [0.5, 0.6) is 12.0 Å². The van der Waals surface area contributed by atoms with Crippen LogP contribution in [0.3, 0.4) is 0 Å². The zero-order valence-corrected chi connectivity index (χ0v) is 19.1. The summed E-state index contributed by atoms with van der Waals surface area (Å²) in [7, 11) is 0. The molecular formula is C24H29N7O2. The molecule has 9 nitrogen and oxygen atoms in total. The van der Waals surface area contributed by atoms with Crippen molar-refractivity contribution in [2.45, 2.75) is 46.1 Å². The molecule has 4 rings (SSSR count). The Labute approximate surface area is 193 Å². The van der Waals surface area contributed by atoms with Gasteiger partial charge in [-0.05, 0) is 40.0 Å². The third-order valence-electron chi connectivity index (χ3n) is 5.20. The summed E-state index contributed by atoms with van der Waals surface area (Å²) in [6.07, 6.45) is 4.05. The Balaban J connectivity index is 1.52. The molecule has 0 atom stereocenters. The van der Waals surface area contributed by atoms with Crippen LogP contribution in [0.25, 0.3) is 22.5 Å². The fourth-order valence-corrected chi connectivity index (χ4v) is 3.37. The Kier molecular flexibility index (Phi) is 7.63. The molecule has 0 bridgehead atoms. The predicted molar refractivity (Wildman–Crippen MR) is 125 cm³/mol. The minimum atomic E-state index is 0.362. The maximum atomic E-state index is 5.87. The molecule has 172 valence electrons. The zero-order chi connectivity index (χ0) is 22.9. The number of nitrogens with one attached hydrogen (secondary N) is 1. The van der Waals surface area contributed by atoms with Gasteiger partial charge in [0, 0.05) is 5.56 Å². The Hall–Kier alpha value is -3.75. The highest BCUT2D eigenvalue weighted by atomic mass is 16.5.